The van der Waals surface area contributed by atoms with Crippen LogP contribution in [0.1, 0.15) is 63.5 Å². The van der Waals surface area contributed by atoms with Crippen LogP contribution in [-0.2, 0) is 6.42 Å². The summed E-state index contributed by atoms with van der Waals surface area (Å²) in [5.74, 6) is 1.55. The fourth-order valence-electron chi connectivity index (χ4n) is 2.87. The molecule has 19 heavy (non-hydrogen) atoms. The highest BCUT2D eigenvalue weighted by atomic mass is 14.9. The highest BCUT2D eigenvalue weighted by Crippen LogP contribution is 2.31. The van der Waals surface area contributed by atoms with E-state index in [1.165, 1.54) is 43.2 Å². The molecule has 1 N–H and O–H groups in total. The van der Waals surface area contributed by atoms with Crippen LogP contribution in [0, 0.1) is 5.92 Å². The summed E-state index contributed by atoms with van der Waals surface area (Å²) in [6.45, 7) is 7.93. The van der Waals surface area contributed by atoms with Crippen molar-refractivity contribution in [3.05, 3.63) is 35.4 Å². The molecule has 0 saturated heterocycles. The number of hydrogen-bond donors (Lipinski definition) is 1. The van der Waals surface area contributed by atoms with Crippen LogP contribution in [0.5, 0.6) is 0 Å². The summed E-state index contributed by atoms with van der Waals surface area (Å²) in [6, 6.07) is 9.96. The minimum atomic E-state index is 0.634. The SMILES string of the molecule is CCCNC(Cc1ccc(C(C)C)cc1)C1CCC1. The molecule has 0 aromatic heterocycles. The third-order valence-electron chi connectivity index (χ3n) is 4.48. The van der Waals surface area contributed by atoms with Gasteiger partial charge in [-0.1, -0.05) is 51.5 Å². The van der Waals surface area contributed by atoms with Gasteiger partial charge in [0.1, 0.15) is 0 Å². The summed E-state index contributed by atoms with van der Waals surface area (Å²) in [7, 11) is 0. The van der Waals surface area contributed by atoms with E-state index >= 15 is 0 Å². The molecule has 1 nitrogen and oxygen atoms in total. The molecule has 0 heterocycles. The van der Waals surface area contributed by atoms with Crippen molar-refractivity contribution < 1.29 is 0 Å². The molecule has 1 fully saturated rings. The van der Waals surface area contributed by atoms with Crippen molar-refractivity contribution in [1.29, 1.82) is 0 Å². The van der Waals surface area contributed by atoms with Crippen molar-refractivity contribution in [2.45, 2.75) is 64.8 Å². The first-order valence-electron chi connectivity index (χ1n) is 8.03. The van der Waals surface area contributed by atoms with Gasteiger partial charge in [-0.05, 0) is 55.2 Å². The second-order valence-electron chi connectivity index (χ2n) is 6.35. The molecule has 1 heteroatoms. The van der Waals surface area contributed by atoms with Crippen molar-refractivity contribution in [2.24, 2.45) is 5.92 Å². The Labute approximate surface area is 118 Å². The zero-order chi connectivity index (χ0) is 13.7. The Morgan fingerprint density at radius 2 is 1.84 bits per heavy atom. The fraction of sp³-hybridized carbons (Fsp3) is 0.667. The van der Waals surface area contributed by atoms with E-state index in [-0.39, 0.29) is 0 Å². The first-order valence-corrected chi connectivity index (χ1v) is 8.03. The van der Waals surface area contributed by atoms with Gasteiger partial charge in [-0.25, -0.2) is 0 Å². The molecule has 0 amide bonds. The first kappa shape index (κ1) is 14.6. The molecule has 1 unspecified atom stereocenters. The Balaban J connectivity index is 1.95. The molecule has 1 atom stereocenters. The number of nitrogens with one attached hydrogen (secondary N) is 1. The summed E-state index contributed by atoms with van der Waals surface area (Å²) in [5, 5.41) is 3.76. The first-order chi connectivity index (χ1) is 9.20. The normalized spacial score (nSPS) is 17.5. The monoisotopic (exact) mass is 259 g/mol. The standard InChI is InChI=1S/C18H29N/c1-4-12-19-18(17-6-5-7-17)13-15-8-10-16(11-9-15)14(2)3/h8-11,14,17-19H,4-7,12-13H2,1-3H3. The highest BCUT2D eigenvalue weighted by Gasteiger charge is 2.26. The molecule has 1 aromatic carbocycles. The minimum Gasteiger partial charge on any atom is -0.313 e. The second kappa shape index (κ2) is 7.09. The van der Waals surface area contributed by atoms with Gasteiger partial charge in [0.2, 0.25) is 0 Å². The Morgan fingerprint density at radius 3 is 2.32 bits per heavy atom. The second-order valence-corrected chi connectivity index (χ2v) is 6.35. The molecule has 1 aliphatic rings. The minimum absolute atomic E-state index is 0.634. The fourth-order valence-corrected chi connectivity index (χ4v) is 2.87. The smallest absolute Gasteiger partial charge is 0.0136 e. The summed E-state index contributed by atoms with van der Waals surface area (Å²) in [4.78, 5) is 0. The predicted octanol–water partition coefficient (Wildman–Crippen LogP) is 4.52. The third-order valence-corrected chi connectivity index (χ3v) is 4.48. The molecular formula is C18H29N. The van der Waals surface area contributed by atoms with E-state index in [2.05, 4.69) is 50.4 Å². The number of hydrogen-bond acceptors (Lipinski definition) is 1. The van der Waals surface area contributed by atoms with Crippen LogP contribution < -0.4 is 5.32 Å². The number of benzene rings is 1. The molecule has 0 spiro atoms. The number of rotatable bonds is 7. The van der Waals surface area contributed by atoms with E-state index in [1.54, 1.807) is 0 Å². The molecule has 106 valence electrons. The molecule has 1 aromatic rings. The van der Waals surface area contributed by atoms with Crippen molar-refractivity contribution in [1.82, 2.24) is 5.32 Å². The topological polar surface area (TPSA) is 12.0 Å². The average molecular weight is 259 g/mol. The van der Waals surface area contributed by atoms with Crippen LogP contribution in [0.4, 0.5) is 0 Å². The molecule has 0 radical (unpaired) electrons. The summed E-state index contributed by atoms with van der Waals surface area (Å²) < 4.78 is 0. The van der Waals surface area contributed by atoms with Crippen LogP contribution in [0.25, 0.3) is 0 Å². The van der Waals surface area contributed by atoms with E-state index in [9.17, 15) is 0 Å². The quantitative estimate of drug-likeness (QED) is 0.759. The lowest BCUT2D eigenvalue weighted by molar-refractivity contribution is 0.227. The van der Waals surface area contributed by atoms with Crippen LogP contribution in [0.3, 0.4) is 0 Å². The van der Waals surface area contributed by atoms with Crippen molar-refractivity contribution in [3.8, 4) is 0 Å². The van der Waals surface area contributed by atoms with Crippen molar-refractivity contribution in [3.63, 3.8) is 0 Å². The van der Waals surface area contributed by atoms with Crippen LogP contribution in [0.15, 0.2) is 24.3 Å². The summed E-state index contributed by atoms with van der Waals surface area (Å²) >= 11 is 0. The maximum atomic E-state index is 3.76. The lowest BCUT2D eigenvalue weighted by Crippen LogP contribution is -2.41. The maximum Gasteiger partial charge on any atom is 0.0136 e. The van der Waals surface area contributed by atoms with Crippen LogP contribution >= 0.6 is 0 Å². The average Bonchev–Trinajstić information content (AvgIpc) is 2.34. The van der Waals surface area contributed by atoms with E-state index in [0.29, 0.717) is 12.0 Å². The maximum absolute atomic E-state index is 3.76. The Kier molecular flexibility index (Phi) is 5.45. The van der Waals surface area contributed by atoms with Crippen LogP contribution in [0.2, 0.25) is 0 Å². The van der Waals surface area contributed by atoms with E-state index < -0.39 is 0 Å². The molecule has 1 saturated carbocycles. The van der Waals surface area contributed by atoms with E-state index in [1.807, 2.05) is 0 Å². The highest BCUT2D eigenvalue weighted by molar-refractivity contribution is 5.25. The van der Waals surface area contributed by atoms with Crippen molar-refractivity contribution in [2.75, 3.05) is 6.54 Å². The van der Waals surface area contributed by atoms with Gasteiger partial charge in [-0.3, -0.25) is 0 Å². The largest absolute Gasteiger partial charge is 0.313 e. The van der Waals surface area contributed by atoms with Gasteiger partial charge < -0.3 is 5.32 Å². The molecule has 0 aliphatic heterocycles. The van der Waals surface area contributed by atoms with E-state index in [4.69, 9.17) is 0 Å². The van der Waals surface area contributed by atoms with Gasteiger partial charge in [0.25, 0.3) is 0 Å². The van der Waals surface area contributed by atoms with Crippen molar-refractivity contribution >= 4 is 0 Å². The van der Waals surface area contributed by atoms with Gasteiger partial charge in [-0.2, -0.15) is 0 Å². The van der Waals surface area contributed by atoms with Gasteiger partial charge in [0.15, 0.2) is 0 Å². The van der Waals surface area contributed by atoms with Gasteiger partial charge in [0.05, 0.1) is 0 Å². The zero-order valence-electron chi connectivity index (χ0n) is 12.8. The summed E-state index contributed by atoms with van der Waals surface area (Å²) in [5.41, 5.74) is 2.94. The molecular weight excluding hydrogens is 230 g/mol. The third kappa shape index (κ3) is 4.07. The Hall–Kier alpha value is -0.820. The lowest BCUT2D eigenvalue weighted by Gasteiger charge is -2.34. The van der Waals surface area contributed by atoms with Gasteiger partial charge in [0, 0.05) is 6.04 Å². The zero-order valence-corrected chi connectivity index (χ0v) is 12.8. The Bertz CT molecular complexity index is 362. The predicted molar refractivity (Wildman–Crippen MR) is 83.7 cm³/mol. The summed E-state index contributed by atoms with van der Waals surface area (Å²) in [6.07, 6.45) is 6.71. The van der Waals surface area contributed by atoms with Gasteiger partial charge in [-0.15, -0.1) is 0 Å². The van der Waals surface area contributed by atoms with E-state index in [0.717, 1.165) is 12.5 Å². The molecule has 1 aliphatic carbocycles. The lowest BCUT2D eigenvalue weighted by atomic mass is 9.77. The molecule has 0 bridgehead atoms. The van der Waals surface area contributed by atoms with Gasteiger partial charge >= 0.3 is 0 Å². The Morgan fingerprint density at radius 1 is 1.16 bits per heavy atom. The van der Waals surface area contributed by atoms with Crippen LogP contribution in [-0.4, -0.2) is 12.6 Å². The molecule has 2 rings (SSSR count).